The first-order valence-electron chi connectivity index (χ1n) is 7.31. The van der Waals surface area contributed by atoms with E-state index in [2.05, 4.69) is 5.32 Å². The van der Waals surface area contributed by atoms with E-state index in [9.17, 15) is 22.8 Å². The zero-order valence-electron chi connectivity index (χ0n) is 13.2. The Morgan fingerprint density at radius 1 is 1.30 bits per heavy atom. The van der Waals surface area contributed by atoms with Gasteiger partial charge in [0.05, 0.1) is 5.56 Å². The summed E-state index contributed by atoms with van der Waals surface area (Å²) in [5, 5.41) is 2.59. The second-order valence-corrected chi connectivity index (χ2v) is 5.82. The average molecular weight is 332 g/mol. The summed E-state index contributed by atoms with van der Waals surface area (Å²) in [6.45, 7) is 4.29. The number of furan rings is 1. The molecule has 0 aromatic carbocycles. The van der Waals surface area contributed by atoms with Crippen LogP contribution in [0.5, 0.6) is 0 Å². The Balaban J connectivity index is 2.29. The van der Waals surface area contributed by atoms with Gasteiger partial charge in [-0.2, -0.15) is 13.2 Å². The normalized spacial score (nSPS) is 22.1. The lowest BCUT2D eigenvalue weighted by atomic mass is 9.96. The number of alkyl halides is 3. The van der Waals surface area contributed by atoms with Gasteiger partial charge in [-0.1, -0.05) is 0 Å². The molecule has 0 aliphatic carbocycles. The first kappa shape index (κ1) is 17.4. The molecule has 2 atom stereocenters. The van der Waals surface area contributed by atoms with Crippen LogP contribution < -0.4 is 5.32 Å². The molecule has 0 unspecified atom stereocenters. The van der Waals surface area contributed by atoms with Crippen LogP contribution in [0.25, 0.3) is 0 Å². The van der Waals surface area contributed by atoms with Crippen molar-refractivity contribution >= 4 is 11.8 Å². The summed E-state index contributed by atoms with van der Waals surface area (Å²) < 4.78 is 45.0. The third-order valence-corrected chi connectivity index (χ3v) is 3.90. The van der Waals surface area contributed by atoms with Crippen molar-refractivity contribution in [2.24, 2.45) is 0 Å². The molecule has 2 heterocycles. The second-order valence-electron chi connectivity index (χ2n) is 5.82. The van der Waals surface area contributed by atoms with Crippen molar-refractivity contribution in [1.82, 2.24) is 10.2 Å². The zero-order chi connectivity index (χ0) is 17.4. The van der Waals surface area contributed by atoms with Gasteiger partial charge in [0, 0.05) is 19.5 Å². The SMILES string of the molecule is CC(=O)N[C@@H]1CC[C@@H](C(F)(F)F)N(C(=O)c2cc(C)oc2C)C1. The van der Waals surface area contributed by atoms with E-state index in [1.165, 1.54) is 19.9 Å². The lowest BCUT2D eigenvalue weighted by Gasteiger charge is -2.40. The molecule has 1 aliphatic rings. The fourth-order valence-electron chi connectivity index (χ4n) is 2.94. The number of likely N-dealkylation sites (tertiary alicyclic amines) is 1. The van der Waals surface area contributed by atoms with Gasteiger partial charge in [-0.15, -0.1) is 0 Å². The minimum absolute atomic E-state index is 0.125. The van der Waals surface area contributed by atoms with Crippen LogP contribution in [0.2, 0.25) is 0 Å². The van der Waals surface area contributed by atoms with Crippen LogP contribution >= 0.6 is 0 Å². The van der Waals surface area contributed by atoms with Crippen LogP contribution in [0.15, 0.2) is 10.5 Å². The van der Waals surface area contributed by atoms with Crippen molar-refractivity contribution in [3.05, 3.63) is 23.2 Å². The van der Waals surface area contributed by atoms with Crippen molar-refractivity contribution in [2.45, 2.75) is 51.9 Å². The van der Waals surface area contributed by atoms with Gasteiger partial charge >= 0.3 is 6.18 Å². The van der Waals surface area contributed by atoms with Gasteiger partial charge in [0.25, 0.3) is 5.91 Å². The molecule has 8 heteroatoms. The molecule has 0 spiro atoms. The van der Waals surface area contributed by atoms with Crippen molar-refractivity contribution in [3.8, 4) is 0 Å². The molecule has 1 aliphatic heterocycles. The van der Waals surface area contributed by atoms with E-state index in [4.69, 9.17) is 4.42 Å². The molecule has 2 amide bonds. The Labute approximate surface area is 131 Å². The predicted octanol–water partition coefficient (Wildman–Crippen LogP) is 2.57. The highest BCUT2D eigenvalue weighted by molar-refractivity contribution is 5.95. The predicted molar refractivity (Wildman–Crippen MR) is 75.9 cm³/mol. The Hall–Kier alpha value is -1.99. The number of piperidine rings is 1. The summed E-state index contributed by atoms with van der Waals surface area (Å²) in [6.07, 6.45) is -4.57. The van der Waals surface area contributed by atoms with Crippen molar-refractivity contribution in [1.29, 1.82) is 0 Å². The van der Waals surface area contributed by atoms with Crippen LogP contribution in [0.4, 0.5) is 13.2 Å². The van der Waals surface area contributed by atoms with E-state index in [-0.39, 0.29) is 36.6 Å². The third-order valence-electron chi connectivity index (χ3n) is 3.90. The van der Waals surface area contributed by atoms with E-state index >= 15 is 0 Å². The van der Waals surface area contributed by atoms with Crippen LogP contribution in [0.1, 0.15) is 41.6 Å². The number of rotatable bonds is 2. The van der Waals surface area contributed by atoms with Crippen LogP contribution in [-0.4, -0.2) is 41.5 Å². The van der Waals surface area contributed by atoms with E-state index in [0.29, 0.717) is 5.76 Å². The standard InChI is InChI=1S/C15H19F3N2O3/c1-8-6-12(9(2)23-8)14(22)20-7-11(19-10(3)21)4-5-13(20)15(16,17)18/h6,11,13H,4-5,7H2,1-3H3,(H,19,21)/t11-,13+/m1/s1. The minimum atomic E-state index is -4.51. The summed E-state index contributed by atoms with van der Waals surface area (Å²) in [7, 11) is 0. The minimum Gasteiger partial charge on any atom is -0.466 e. The largest absolute Gasteiger partial charge is 0.466 e. The van der Waals surface area contributed by atoms with Gasteiger partial charge in [-0.05, 0) is 32.8 Å². The molecule has 1 N–H and O–H groups in total. The van der Waals surface area contributed by atoms with Gasteiger partial charge in [0.2, 0.25) is 5.91 Å². The molecule has 23 heavy (non-hydrogen) atoms. The molecule has 0 bridgehead atoms. The molecule has 1 aromatic rings. The fraction of sp³-hybridized carbons (Fsp3) is 0.600. The van der Waals surface area contributed by atoms with Crippen molar-refractivity contribution in [3.63, 3.8) is 0 Å². The highest BCUT2D eigenvalue weighted by Crippen LogP contribution is 2.33. The van der Waals surface area contributed by atoms with Gasteiger partial charge in [-0.3, -0.25) is 9.59 Å². The molecule has 2 rings (SSSR count). The van der Waals surface area contributed by atoms with Gasteiger partial charge in [-0.25, -0.2) is 0 Å². The number of aryl methyl sites for hydroxylation is 2. The number of amides is 2. The zero-order valence-corrected chi connectivity index (χ0v) is 13.2. The summed E-state index contributed by atoms with van der Waals surface area (Å²) in [4.78, 5) is 24.5. The van der Waals surface area contributed by atoms with Gasteiger partial charge in [0.1, 0.15) is 17.6 Å². The number of carbonyl (C=O) groups excluding carboxylic acids is 2. The summed E-state index contributed by atoms with van der Waals surface area (Å²) in [5.41, 5.74) is 0.125. The van der Waals surface area contributed by atoms with Crippen LogP contribution in [-0.2, 0) is 4.79 Å². The monoisotopic (exact) mass is 332 g/mol. The maximum atomic E-state index is 13.3. The molecule has 1 aromatic heterocycles. The van der Waals surface area contributed by atoms with Crippen LogP contribution in [0.3, 0.4) is 0 Å². The Kier molecular flexibility index (Phi) is 4.72. The Bertz CT molecular complexity index is 610. The van der Waals surface area contributed by atoms with E-state index in [1.807, 2.05) is 0 Å². The lowest BCUT2D eigenvalue weighted by Crippen LogP contribution is -2.58. The van der Waals surface area contributed by atoms with E-state index in [1.54, 1.807) is 6.92 Å². The molecule has 128 valence electrons. The van der Waals surface area contributed by atoms with Crippen LogP contribution in [0, 0.1) is 13.8 Å². The number of nitrogens with one attached hydrogen (secondary N) is 1. The highest BCUT2D eigenvalue weighted by Gasteiger charge is 2.48. The van der Waals surface area contributed by atoms with E-state index in [0.717, 1.165) is 4.90 Å². The number of nitrogens with zero attached hydrogens (tertiary/aromatic N) is 1. The fourth-order valence-corrected chi connectivity index (χ4v) is 2.94. The maximum Gasteiger partial charge on any atom is 0.408 e. The number of halogens is 3. The average Bonchev–Trinajstić information content (AvgIpc) is 2.74. The molecule has 1 fully saturated rings. The molecular formula is C15H19F3N2O3. The summed E-state index contributed by atoms with van der Waals surface area (Å²) in [5.74, 6) is -0.306. The number of hydrogen-bond donors (Lipinski definition) is 1. The topological polar surface area (TPSA) is 62.6 Å². The summed E-state index contributed by atoms with van der Waals surface area (Å²) in [6, 6.07) is -0.898. The van der Waals surface area contributed by atoms with Crippen molar-refractivity contribution in [2.75, 3.05) is 6.54 Å². The lowest BCUT2D eigenvalue weighted by molar-refractivity contribution is -0.184. The number of hydrogen-bond acceptors (Lipinski definition) is 3. The molecule has 5 nitrogen and oxygen atoms in total. The molecular weight excluding hydrogens is 313 g/mol. The Morgan fingerprint density at radius 3 is 2.43 bits per heavy atom. The second kappa shape index (κ2) is 6.25. The first-order chi connectivity index (χ1) is 10.6. The molecule has 1 saturated heterocycles. The smallest absolute Gasteiger partial charge is 0.408 e. The molecule has 0 radical (unpaired) electrons. The molecule has 0 saturated carbocycles. The first-order valence-corrected chi connectivity index (χ1v) is 7.31. The maximum absolute atomic E-state index is 13.3. The summed E-state index contributed by atoms with van der Waals surface area (Å²) >= 11 is 0. The number of carbonyl (C=O) groups is 2. The Morgan fingerprint density at radius 2 is 1.96 bits per heavy atom. The third kappa shape index (κ3) is 3.86. The quantitative estimate of drug-likeness (QED) is 0.905. The van der Waals surface area contributed by atoms with Gasteiger partial charge in [0.15, 0.2) is 0 Å². The van der Waals surface area contributed by atoms with Gasteiger partial charge < -0.3 is 14.6 Å². The van der Waals surface area contributed by atoms with Crippen molar-refractivity contribution < 1.29 is 27.2 Å². The van der Waals surface area contributed by atoms with E-state index < -0.39 is 24.2 Å². The highest BCUT2D eigenvalue weighted by atomic mass is 19.4.